The molecule has 0 spiro atoms. The summed E-state index contributed by atoms with van der Waals surface area (Å²) >= 11 is 0. The summed E-state index contributed by atoms with van der Waals surface area (Å²) in [5.74, 6) is 3.60. The number of rotatable bonds is 6. The Morgan fingerprint density at radius 2 is 2.04 bits per heavy atom. The molecule has 1 amide bonds. The van der Waals surface area contributed by atoms with Crippen LogP contribution in [0, 0.1) is 18.3 Å². The zero-order valence-electron chi connectivity index (χ0n) is 12.8. The van der Waals surface area contributed by atoms with Crippen molar-refractivity contribution < 1.29 is 4.79 Å². The first kappa shape index (κ1) is 15.1. The highest BCUT2D eigenvalue weighted by molar-refractivity contribution is 5.94. The van der Waals surface area contributed by atoms with E-state index in [9.17, 15) is 4.79 Å². The summed E-state index contributed by atoms with van der Waals surface area (Å²) in [7, 11) is 0. The van der Waals surface area contributed by atoms with E-state index in [-0.39, 0.29) is 18.5 Å². The average Bonchev–Trinajstić information content (AvgIpc) is 3.44. The van der Waals surface area contributed by atoms with Gasteiger partial charge in [-0.05, 0) is 36.5 Å². The Morgan fingerprint density at radius 3 is 2.65 bits per heavy atom. The molecule has 0 bridgehead atoms. The van der Waals surface area contributed by atoms with Crippen LogP contribution in [0.4, 0.5) is 5.82 Å². The van der Waals surface area contributed by atoms with Crippen molar-refractivity contribution in [3.05, 3.63) is 59.8 Å². The largest absolute Gasteiger partial charge is 0.363 e. The molecule has 0 saturated heterocycles. The van der Waals surface area contributed by atoms with Crippen molar-refractivity contribution in [1.29, 1.82) is 0 Å². The normalized spacial score (nSPS) is 14.6. The molecule has 4 nitrogen and oxygen atoms in total. The number of hydrogen-bond acceptors (Lipinski definition) is 3. The number of carbonyl (C=O) groups excluding carboxylic acids is 1. The Bertz CT molecular complexity index is 700. The SMILES string of the molecule is C#CCNC(=O)c1ccc(NC(c2ccccc2)C2CC2)nc1. The third-order valence-corrected chi connectivity index (χ3v) is 3.93. The second-order valence-electron chi connectivity index (χ2n) is 5.69. The molecule has 1 aromatic carbocycles. The predicted molar refractivity (Wildman–Crippen MR) is 90.9 cm³/mol. The van der Waals surface area contributed by atoms with E-state index >= 15 is 0 Å². The number of nitrogens with zero attached hydrogens (tertiary/aromatic N) is 1. The van der Waals surface area contributed by atoms with Crippen molar-refractivity contribution in [3.63, 3.8) is 0 Å². The monoisotopic (exact) mass is 305 g/mol. The predicted octanol–water partition coefficient (Wildman–Crippen LogP) is 3.01. The van der Waals surface area contributed by atoms with Gasteiger partial charge in [-0.2, -0.15) is 0 Å². The molecule has 0 radical (unpaired) electrons. The lowest BCUT2D eigenvalue weighted by Crippen LogP contribution is -2.23. The molecular formula is C19H19N3O. The standard InChI is InChI=1S/C19H19N3O/c1-2-12-20-19(23)16-10-11-17(21-13-16)22-18(15-8-9-15)14-6-4-3-5-7-14/h1,3-7,10-11,13,15,18H,8-9,12H2,(H,20,23)(H,21,22). The van der Waals surface area contributed by atoms with Crippen LogP contribution < -0.4 is 10.6 Å². The molecule has 0 aliphatic heterocycles. The number of hydrogen-bond donors (Lipinski definition) is 2. The van der Waals surface area contributed by atoms with Gasteiger partial charge in [0, 0.05) is 6.20 Å². The van der Waals surface area contributed by atoms with Gasteiger partial charge in [-0.25, -0.2) is 4.98 Å². The van der Waals surface area contributed by atoms with Gasteiger partial charge in [-0.15, -0.1) is 6.42 Å². The second-order valence-corrected chi connectivity index (χ2v) is 5.69. The number of carbonyl (C=O) groups is 1. The minimum atomic E-state index is -0.205. The second kappa shape index (κ2) is 6.97. The first-order chi connectivity index (χ1) is 11.3. The molecule has 1 saturated carbocycles. The Morgan fingerprint density at radius 1 is 1.26 bits per heavy atom. The van der Waals surface area contributed by atoms with Gasteiger partial charge in [0.15, 0.2) is 0 Å². The number of pyridine rings is 1. The van der Waals surface area contributed by atoms with Crippen LogP contribution >= 0.6 is 0 Å². The van der Waals surface area contributed by atoms with E-state index in [0.717, 1.165) is 5.82 Å². The summed E-state index contributed by atoms with van der Waals surface area (Å²) in [6.45, 7) is 0.219. The molecule has 1 unspecified atom stereocenters. The fraction of sp³-hybridized carbons (Fsp3) is 0.263. The lowest BCUT2D eigenvalue weighted by molar-refractivity contribution is 0.0958. The Balaban J connectivity index is 1.69. The van der Waals surface area contributed by atoms with Crippen LogP contribution in [-0.2, 0) is 0 Å². The third kappa shape index (κ3) is 3.89. The summed E-state index contributed by atoms with van der Waals surface area (Å²) in [6.07, 6.45) is 9.18. The van der Waals surface area contributed by atoms with E-state index in [1.165, 1.54) is 18.4 Å². The number of anilines is 1. The van der Waals surface area contributed by atoms with Crippen LogP contribution in [0.2, 0.25) is 0 Å². The number of terminal acetylenes is 1. The zero-order chi connectivity index (χ0) is 16.1. The Kier molecular flexibility index (Phi) is 4.58. The maximum absolute atomic E-state index is 11.8. The molecule has 1 heterocycles. The molecule has 1 aliphatic rings. The average molecular weight is 305 g/mol. The van der Waals surface area contributed by atoms with Gasteiger partial charge < -0.3 is 10.6 Å². The smallest absolute Gasteiger partial charge is 0.253 e. The first-order valence-electron chi connectivity index (χ1n) is 7.77. The minimum Gasteiger partial charge on any atom is -0.363 e. The third-order valence-electron chi connectivity index (χ3n) is 3.93. The van der Waals surface area contributed by atoms with Gasteiger partial charge in [-0.1, -0.05) is 36.3 Å². The number of aromatic nitrogens is 1. The lowest BCUT2D eigenvalue weighted by atomic mass is 10.0. The summed E-state index contributed by atoms with van der Waals surface area (Å²) < 4.78 is 0. The fourth-order valence-electron chi connectivity index (χ4n) is 2.57. The quantitative estimate of drug-likeness (QED) is 0.807. The Hall–Kier alpha value is -2.80. The summed E-state index contributed by atoms with van der Waals surface area (Å²) in [5, 5.41) is 6.12. The van der Waals surface area contributed by atoms with Crippen LogP contribution in [0.3, 0.4) is 0 Å². The van der Waals surface area contributed by atoms with Crippen molar-refractivity contribution >= 4 is 11.7 Å². The maximum atomic E-state index is 11.8. The molecule has 3 rings (SSSR count). The number of amides is 1. The van der Waals surface area contributed by atoms with Crippen molar-refractivity contribution in [2.75, 3.05) is 11.9 Å². The summed E-state index contributed by atoms with van der Waals surface area (Å²) in [5.41, 5.74) is 1.78. The maximum Gasteiger partial charge on any atom is 0.253 e. The van der Waals surface area contributed by atoms with E-state index in [4.69, 9.17) is 6.42 Å². The number of nitrogens with one attached hydrogen (secondary N) is 2. The number of benzene rings is 1. The van der Waals surface area contributed by atoms with E-state index < -0.39 is 0 Å². The molecule has 1 aromatic heterocycles. The van der Waals surface area contributed by atoms with Crippen LogP contribution in [-0.4, -0.2) is 17.4 Å². The molecule has 23 heavy (non-hydrogen) atoms. The van der Waals surface area contributed by atoms with Gasteiger partial charge in [0.1, 0.15) is 5.82 Å². The summed E-state index contributed by atoms with van der Waals surface area (Å²) in [4.78, 5) is 16.2. The van der Waals surface area contributed by atoms with Gasteiger partial charge in [0.2, 0.25) is 0 Å². The Labute approximate surface area is 136 Å². The lowest BCUT2D eigenvalue weighted by Gasteiger charge is -2.19. The minimum absolute atomic E-state index is 0.205. The molecule has 4 heteroatoms. The molecular weight excluding hydrogens is 286 g/mol. The van der Waals surface area contributed by atoms with Crippen LogP contribution in [0.25, 0.3) is 0 Å². The van der Waals surface area contributed by atoms with Crippen molar-refractivity contribution in [3.8, 4) is 12.3 Å². The van der Waals surface area contributed by atoms with Crippen LogP contribution in [0.15, 0.2) is 48.7 Å². The molecule has 2 N–H and O–H groups in total. The van der Waals surface area contributed by atoms with E-state index in [1.807, 2.05) is 12.1 Å². The van der Waals surface area contributed by atoms with Gasteiger partial charge >= 0.3 is 0 Å². The highest BCUT2D eigenvalue weighted by Gasteiger charge is 2.32. The fourth-order valence-corrected chi connectivity index (χ4v) is 2.57. The van der Waals surface area contributed by atoms with Crippen molar-refractivity contribution in [2.45, 2.75) is 18.9 Å². The van der Waals surface area contributed by atoms with Gasteiger partial charge in [0.05, 0.1) is 18.2 Å². The van der Waals surface area contributed by atoms with E-state index in [1.54, 1.807) is 12.3 Å². The topological polar surface area (TPSA) is 54.0 Å². The highest BCUT2D eigenvalue weighted by atomic mass is 16.1. The van der Waals surface area contributed by atoms with Crippen LogP contribution in [0.1, 0.15) is 34.8 Å². The van der Waals surface area contributed by atoms with Crippen LogP contribution in [0.5, 0.6) is 0 Å². The van der Waals surface area contributed by atoms with E-state index in [0.29, 0.717) is 11.5 Å². The molecule has 116 valence electrons. The molecule has 1 atom stereocenters. The summed E-state index contributed by atoms with van der Waals surface area (Å²) in [6, 6.07) is 14.3. The van der Waals surface area contributed by atoms with Gasteiger partial charge in [-0.3, -0.25) is 4.79 Å². The van der Waals surface area contributed by atoms with Gasteiger partial charge in [0.25, 0.3) is 5.91 Å². The molecule has 2 aromatic rings. The first-order valence-corrected chi connectivity index (χ1v) is 7.77. The van der Waals surface area contributed by atoms with E-state index in [2.05, 4.69) is 45.8 Å². The van der Waals surface area contributed by atoms with Crippen molar-refractivity contribution in [1.82, 2.24) is 10.3 Å². The molecule has 1 fully saturated rings. The highest BCUT2D eigenvalue weighted by Crippen LogP contribution is 2.42. The van der Waals surface area contributed by atoms with Crippen molar-refractivity contribution in [2.24, 2.45) is 5.92 Å². The zero-order valence-corrected chi connectivity index (χ0v) is 12.8. The molecule has 1 aliphatic carbocycles.